The standard InChI is InChI=1S/C7H12O4.2C4H9.Sn/c1-7(2)10-4-6(11-7)5(9)3-8;2*1-3-4-2;/h5-6H,3-4H2,1-2H3;2*1,3-4H2,2H3;/q-2;;;+2/t5-,6-;;;/m0.../s1. The Morgan fingerprint density at radius 3 is 2.15 bits per heavy atom. The van der Waals surface area contributed by atoms with Crippen LogP contribution in [0.1, 0.15) is 53.4 Å². The van der Waals surface area contributed by atoms with E-state index in [1.807, 2.05) is 13.8 Å². The van der Waals surface area contributed by atoms with Gasteiger partial charge >= 0.3 is 128 Å². The minimum absolute atomic E-state index is 0.0480. The molecule has 0 amide bonds. The summed E-state index contributed by atoms with van der Waals surface area (Å²) in [6.45, 7) is 9.75. The van der Waals surface area contributed by atoms with E-state index in [0.29, 0.717) is 13.2 Å². The first kappa shape index (κ1) is 17.0. The van der Waals surface area contributed by atoms with Gasteiger partial charge in [0, 0.05) is 0 Å². The molecule has 0 aliphatic carbocycles. The zero-order valence-electron chi connectivity index (χ0n) is 13.4. The van der Waals surface area contributed by atoms with E-state index in [1.54, 1.807) is 0 Å². The third-order valence-electron chi connectivity index (χ3n) is 4.14. The van der Waals surface area contributed by atoms with E-state index in [1.165, 1.54) is 34.6 Å². The Hall–Kier alpha value is 0.639. The van der Waals surface area contributed by atoms with Gasteiger partial charge in [-0.05, 0) is 0 Å². The van der Waals surface area contributed by atoms with E-state index in [-0.39, 0.29) is 12.2 Å². The van der Waals surface area contributed by atoms with Gasteiger partial charge in [-0.25, -0.2) is 0 Å². The Bertz CT molecular complexity index is 300. The molecule has 20 heavy (non-hydrogen) atoms. The molecule has 0 unspecified atom stereocenters. The number of hydrogen-bond acceptors (Lipinski definition) is 4. The molecule has 2 fully saturated rings. The van der Waals surface area contributed by atoms with Gasteiger partial charge in [-0.3, -0.25) is 0 Å². The zero-order chi connectivity index (χ0) is 14.6. The number of ether oxygens (including phenoxy) is 2. The van der Waals surface area contributed by atoms with Gasteiger partial charge in [0.25, 0.3) is 0 Å². The molecule has 0 saturated carbocycles. The van der Waals surface area contributed by atoms with Gasteiger partial charge in [-0.1, -0.05) is 0 Å². The van der Waals surface area contributed by atoms with Crippen molar-refractivity contribution in [1.29, 1.82) is 0 Å². The SMILES string of the molecule is CCC[CH2][Sn]1([CH2]CCC)[O]C[C@@H]([C@@H]2COC(C)(C)O2)[O]1. The molecule has 0 aromatic heterocycles. The van der Waals surface area contributed by atoms with Crippen molar-refractivity contribution in [3.63, 3.8) is 0 Å². The minimum atomic E-state index is -2.81. The average Bonchev–Trinajstić information content (AvgIpc) is 2.98. The van der Waals surface area contributed by atoms with Crippen LogP contribution in [0.2, 0.25) is 8.87 Å². The Balaban J connectivity index is 1.92. The molecule has 0 radical (unpaired) electrons. The summed E-state index contributed by atoms with van der Waals surface area (Å²) >= 11 is -2.81. The van der Waals surface area contributed by atoms with Crippen molar-refractivity contribution in [3.8, 4) is 0 Å². The third-order valence-corrected chi connectivity index (χ3v) is 14.6. The topological polar surface area (TPSA) is 36.9 Å². The number of unbranched alkanes of at least 4 members (excludes halogenated alkanes) is 2. The second-order valence-corrected chi connectivity index (χ2v) is 16.0. The molecular formula is C15H30O4Sn. The summed E-state index contributed by atoms with van der Waals surface area (Å²) in [6.07, 6.45) is 5.06. The van der Waals surface area contributed by atoms with Crippen molar-refractivity contribution in [2.75, 3.05) is 13.2 Å². The Labute approximate surface area is 128 Å². The van der Waals surface area contributed by atoms with Gasteiger partial charge in [-0.15, -0.1) is 0 Å². The van der Waals surface area contributed by atoms with Crippen LogP contribution in [0.3, 0.4) is 0 Å². The first-order valence-electron chi connectivity index (χ1n) is 8.14. The molecule has 2 aliphatic heterocycles. The molecule has 0 spiro atoms. The van der Waals surface area contributed by atoms with E-state index in [2.05, 4.69) is 13.8 Å². The van der Waals surface area contributed by atoms with Crippen LogP contribution in [0.15, 0.2) is 0 Å². The summed E-state index contributed by atoms with van der Waals surface area (Å²) in [5.41, 5.74) is 0. The van der Waals surface area contributed by atoms with Gasteiger partial charge in [-0.2, -0.15) is 0 Å². The first-order chi connectivity index (χ1) is 9.50. The van der Waals surface area contributed by atoms with Crippen molar-refractivity contribution in [3.05, 3.63) is 0 Å². The summed E-state index contributed by atoms with van der Waals surface area (Å²) < 4.78 is 26.8. The molecule has 0 aromatic rings. The molecule has 0 N–H and O–H groups in total. The van der Waals surface area contributed by atoms with E-state index >= 15 is 0 Å². The van der Waals surface area contributed by atoms with Crippen LogP contribution in [0, 0.1) is 0 Å². The van der Waals surface area contributed by atoms with Crippen molar-refractivity contribution in [2.24, 2.45) is 0 Å². The van der Waals surface area contributed by atoms with Crippen molar-refractivity contribution in [1.82, 2.24) is 0 Å². The maximum absolute atomic E-state index is 6.51. The molecule has 2 atom stereocenters. The predicted molar refractivity (Wildman–Crippen MR) is 80.9 cm³/mol. The summed E-state index contributed by atoms with van der Waals surface area (Å²) in [5.74, 6) is -0.471. The van der Waals surface area contributed by atoms with Crippen LogP contribution >= 0.6 is 0 Å². The summed E-state index contributed by atoms with van der Waals surface area (Å²) in [5, 5.41) is 0. The van der Waals surface area contributed by atoms with E-state index in [4.69, 9.17) is 15.6 Å². The van der Waals surface area contributed by atoms with Gasteiger partial charge < -0.3 is 0 Å². The quantitative estimate of drug-likeness (QED) is 0.620. The van der Waals surface area contributed by atoms with Crippen molar-refractivity contribution >= 4 is 19.2 Å². The average molecular weight is 393 g/mol. The molecule has 2 aliphatic rings. The second-order valence-electron chi connectivity index (χ2n) is 6.45. The van der Waals surface area contributed by atoms with Crippen LogP contribution in [-0.2, 0) is 15.6 Å². The monoisotopic (exact) mass is 394 g/mol. The molecule has 4 nitrogen and oxygen atoms in total. The van der Waals surface area contributed by atoms with Gasteiger partial charge in [0.15, 0.2) is 0 Å². The Kier molecular flexibility index (Phi) is 6.18. The van der Waals surface area contributed by atoms with Crippen LogP contribution in [0.5, 0.6) is 0 Å². The van der Waals surface area contributed by atoms with E-state index < -0.39 is 25.0 Å². The van der Waals surface area contributed by atoms with Crippen molar-refractivity contribution in [2.45, 2.75) is 80.2 Å². The summed E-state index contributed by atoms with van der Waals surface area (Å²) in [4.78, 5) is 0. The van der Waals surface area contributed by atoms with Gasteiger partial charge in [0.1, 0.15) is 0 Å². The third kappa shape index (κ3) is 4.32. The van der Waals surface area contributed by atoms with E-state index in [9.17, 15) is 0 Å². The molecule has 0 aromatic carbocycles. The molecule has 2 rings (SSSR count). The number of hydrogen-bond donors (Lipinski definition) is 0. The molecule has 5 heteroatoms. The van der Waals surface area contributed by atoms with Crippen LogP contribution < -0.4 is 0 Å². The molecule has 0 bridgehead atoms. The van der Waals surface area contributed by atoms with Crippen LogP contribution in [0.25, 0.3) is 0 Å². The van der Waals surface area contributed by atoms with E-state index in [0.717, 1.165) is 0 Å². The normalized spacial score (nSPS) is 31.8. The van der Waals surface area contributed by atoms with Gasteiger partial charge in [0.2, 0.25) is 0 Å². The summed E-state index contributed by atoms with van der Waals surface area (Å²) in [6, 6.07) is 0. The van der Waals surface area contributed by atoms with Gasteiger partial charge in [0.05, 0.1) is 0 Å². The van der Waals surface area contributed by atoms with Crippen LogP contribution in [-0.4, -0.2) is 50.4 Å². The van der Waals surface area contributed by atoms with Crippen LogP contribution in [0.4, 0.5) is 0 Å². The fourth-order valence-electron chi connectivity index (χ4n) is 2.94. The molecule has 118 valence electrons. The molecule has 2 saturated heterocycles. The predicted octanol–water partition coefficient (Wildman–Crippen LogP) is 3.60. The maximum atomic E-state index is 6.51. The molecular weight excluding hydrogens is 363 g/mol. The second kappa shape index (κ2) is 7.27. The Morgan fingerprint density at radius 1 is 1.00 bits per heavy atom. The first-order valence-corrected chi connectivity index (χ1v) is 14.5. The number of rotatable bonds is 7. The van der Waals surface area contributed by atoms with Crippen molar-refractivity contribution < 1.29 is 15.6 Å². The fraction of sp³-hybridized carbons (Fsp3) is 1.00. The molecule has 2 heterocycles. The fourth-order valence-corrected chi connectivity index (χ4v) is 14.0. The summed E-state index contributed by atoms with van der Waals surface area (Å²) in [7, 11) is 0. The Morgan fingerprint density at radius 2 is 1.65 bits per heavy atom. The zero-order valence-corrected chi connectivity index (χ0v) is 16.3.